The smallest absolute Gasteiger partial charge is 0.244 e. The molecular weight excluding hydrogens is 313 g/mol. The molecule has 0 fully saturated rings. The first-order valence-electron chi connectivity index (χ1n) is 5.30. The summed E-state index contributed by atoms with van der Waals surface area (Å²) in [4.78, 5) is -0.00739. The zero-order valence-corrected chi connectivity index (χ0v) is 13.1. The first-order valence-corrected chi connectivity index (χ1v) is 7.49. The van der Waals surface area contributed by atoms with E-state index in [1.807, 2.05) is 0 Å². The summed E-state index contributed by atoms with van der Waals surface area (Å²) in [5.41, 5.74) is 0. The van der Waals surface area contributed by atoms with Crippen LogP contribution in [0.5, 0.6) is 0 Å². The second kappa shape index (κ2) is 6.88. The molecule has 0 bridgehead atoms. The molecule has 0 saturated heterocycles. The standard InChI is InChI=1S/C11H15Cl2NO4S/c1-14(7-11(17-2)18-3)19(15,16)10-5-4-8(12)6-9(10)13/h4-6,11H,7H2,1-3H3. The SMILES string of the molecule is COC(CN(C)S(=O)(=O)c1ccc(Cl)cc1Cl)OC. The van der Waals surface area contributed by atoms with Crippen LogP contribution < -0.4 is 0 Å². The molecule has 0 spiro atoms. The summed E-state index contributed by atoms with van der Waals surface area (Å²) in [6.45, 7) is 0.0499. The Hall–Kier alpha value is -0.370. The Morgan fingerprint density at radius 1 is 1.26 bits per heavy atom. The molecule has 0 aromatic heterocycles. The van der Waals surface area contributed by atoms with Crippen LogP contribution in [0, 0.1) is 0 Å². The highest BCUT2D eigenvalue weighted by atomic mass is 35.5. The average molecular weight is 328 g/mol. The lowest BCUT2D eigenvalue weighted by atomic mass is 10.4. The second-order valence-electron chi connectivity index (χ2n) is 3.76. The van der Waals surface area contributed by atoms with Crippen LogP contribution >= 0.6 is 23.2 Å². The molecule has 0 heterocycles. The van der Waals surface area contributed by atoms with Gasteiger partial charge in [0.2, 0.25) is 10.0 Å². The third-order valence-corrected chi connectivity index (χ3v) is 5.06. The van der Waals surface area contributed by atoms with Gasteiger partial charge in [-0.25, -0.2) is 8.42 Å². The fraction of sp³-hybridized carbons (Fsp3) is 0.455. The summed E-state index contributed by atoms with van der Waals surface area (Å²) in [7, 11) is 0.572. The molecule has 0 saturated carbocycles. The minimum Gasteiger partial charge on any atom is -0.355 e. The number of halogens is 2. The number of likely N-dealkylation sites (N-methyl/N-ethyl adjacent to an activating group) is 1. The monoisotopic (exact) mass is 327 g/mol. The van der Waals surface area contributed by atoms with Crippen molar-refractivity contribution in [1.29, 1.82) is 0 Å². The van der Waals surface area contributed by atoms with Gasteiger partial charge < -0.3 is 9.47 Å². The van der Waals surface area contributed by atoms with Gasteiger partial charge >= 0.3 is 0 Å². The van der Waals surface area contributed by atoms with Gasteiger partial charge in [0.25, 0.3) is 0 Å². The van der Waals surface area contributed by atoms with E-state index in [0.717, 1.165) is 4.31 Å². The summed E-state index contributed by atoms with van der Waals surface area (Å²) >= 11 is 11.7. The van der Waals surface area contributed by atoms with Crippen molar-refractivity contribution in [1.82, 2.24) is 4.31 Å². The maximum Gasteiger partial charge on any atom is 0.244 e. The number of hydrogen-bond acceptors (Lipinski definition) is 4. The Balaban J connectivity index is 3.03. The molecular formula is C11H15Cl2NO4S. The molecule has 1 aromatic carbocycles. The van der Waals surface area contributed by atoms with Gasteiger partial charge in [0.05, 0.1) is 11.6 Å². The van der Waals surface area contributed by atoms with E-state index < -0.39 is 16.3 Å². The fourth-order valence-corrected chi connectivity index (χ4v) is 3.31. The lowest BCUT2D eigenvalue weighted by Crippen LogP contribution is -2.36. The van der Waals surface area contributed by atoms with Crippen molar-refractivity contribution in [2.75, 3.05) is 27.8 Å². The molecule has 0 radical (unpaired) electrons. The Kier molecular flexibility index (Phi) is 6.04. The highest BCUT2D eigenvalue weighted by molar-refractivity contribution is 7.89. The molecule has 1 rings (SSSR count). The van der Waals surface area contributed by atoms with E-state index in [1.165, 1.54) is 39.5 Å². The number of ether oxygens (including phenoxy) is 2. The summed E-state index contributed by atoms with van der Waals surface area (Å²) in [6, 6.07) is 4.22. The van der Waals surface area contributed by atoms with E-state index in [-0.39, 0.29) is 16.5 Å². The number of benzene rings is 1. The van der Waals surface area contributed by atoms with Crippen molar-refractivity contribution in [2.45, 2.75) is 11.2 Å². The van der Waals surface area contributed by atoms with Gasteiger partial charge in [-0.3, -0.25) is 0 Å². The number of methoxy groups -OCH3 is 2. The topological polar surface area (TPSA) is 55.8 Å². The molecule has 0 atom stereocenters. The van der Waals surface area contributed by atoms with E-state index >= 15 is 0 Å². The van der Waals surface area contributed by atoms with Gasteiger partial charge in [0.1, 0.15) is 4.90 Å². The number of hydrogen-bond donors (Lipinski definition) is 0. The summed E-state index contributed by atoms with van der Waals surface area (Å²) in [5.74, 6) is 0. The summed E-state index contributed by atoms with van der Waals surface area (Å²) < 4.78 is 35.7. The van der Waals surface area contributed by atoms with Crippen molar-refractivity contribution >= 4 is 33.2 Å². The Morgan fingerprint density at radius 2 is 1.84 bits per heavy atom. The molecule has 108 valence electrons. The van der Waals surface area contributed by atoms with Crippen LogP contribution in [0.2, 0.25) is 10.0 Å². The van der Waals surface area contributed by atoms with Crippen LogP contribution in [-0.4, -0.2) is 46.8 Å². The molecule has 5 nitrogen and oxygen atoms in total. The third-order valence-electron chi connectivity index (χ3n) is 2.51. The predicted octanol–water partition coefficient (Wildman–Crippen LogP) is 2.23. The van der Waals surface area contributed by atoms with Crippen LogP contribution in [0.15, 0.2) is 23.1 Å². The van der Waals surface area contributed by atoms with Gasteiger partial charge in [-0.15, -0.1) is 0 Å². The van der Waals surface area contributed by atoms with Crippen molar-refractivity contribution in [3.63, 3.8) is 0 Å². The quantitative estimate of drug-likeness (QED) is 0.752. The van der Waals surface area contributed by atoms with E-state index in [1.54, 1.807) is 0 Å². The largest absolute Gasteiger partial charge is 0.355 e. The highest BCUT2D eigenvalue weighted by Gasteiger charge is 2.26. The molecule has 0 aliphatic rings. The fourth-order valence-electron chi connectivity index (χ4n) is 1.41. The molecule has 0 aliphatic heterocycles. The Morgan fingerprint density at radius 3 is 2.32 bits per heavy atom. The van der Waals surface area contributed by atoms with Gasteiger partial charge in [-0.1, -0.05) is 23.2 Å². The maximum atomic E-state index is 12.3. The van der Waals surface area contributed by atoms with Crippen molar-refractivity contribution in [3.05, 3.63) is 28.2 Å². The second-order valence-corrected chi connectivity index (χ2v) is 6.62. The highest BCUT2D eigenvalue weighted by Crippen LogP contribution is 2.27. The summed E-state index contributed by atoms with van der Waals surface area (Å²) in [6.07, 6.45) is -0.647. The minimum absolute atomic E-state index is 0.00739. The number of sulfonamides is 1. The van der Waals surface area contributed by atoms with Crippen LogP contribution in [0.1, 0.15) is 0 Å². The zero-order valence-electron chi connectivity index (χ0n) is 10.8. The van der Waals surface area contributed by atoms with Crippen molar-refractivity contribution < 1.29 is 17.9 Å². The number of nitrogens with zero attached hydrogens (tertiary/aromatic N) is 1. The van der Waals surface area contributed by atoms with E-state index in [2.05, 4.69) is 0 Å². The zero-order chi connectivity index (χ0) is 14.6. The molecule has 0 amide bonds. The van der Waals surface area contributed by atoms with Crippen molar-refractivity contribution in [3.8, 4) is 0 Å². The lowest BCUT2D eigenvalue weighted by molar-refractivity contribution is -0.106. The lowest BCUT2D eigenvalue weighted by Gasteiger charge is -2.22. The first kappa shape index (κ1) is 16.7. The molecule has 0 N–H and O–H groups in total. The van der Waals surface area contributed by atoms with Crippen LogP contribution in [0.4, 0.5) is 0 Å². The third kappa shape index (κ3) is 4.05. The molecule has 19 heavy (non-hydrogen) atoms. The van der Waals surface area contributed by atoms with Crippen LogP contribution in [0.3, 0.4) is 0 Å². The van der Waals surface area contributed by atoms with Gasteiger partial charge in [0.15, 0.2) is 6.29 Å². The van der Waals surface area contributed by atoms with E-state index in [0.29, 0.717) is 5.02 Å². The van der Waals surface area contributed by atoms with Gasteiger partial charge in [-0.2, -0.15) is 4.31 Å². The molecule has 1 aromatic rings. The maximum absolute atomic E-state index is 12.3. The van der Waals surface area contributed by atoms with E-state index in [9.17, 15) is 8.42 Å². The Labute approximate surface area is 123 Å². The van der Waals surface area contributed by atoms with E-state index in [4.69, 9.17) is 32.7 Å². The van der Waals surface area contributed by atoms with Crippen LogP contribution in [0.25, 0.3) is 0 Å². The molecule has 0 aliphatic carbocycles. The average Bonchev–Trinajstić information content (AvgIpc) is 2.34. The van der Waals surface area contributed by atoms with Crippen LogP contribution in [-0.2, 0) is 19.5 Å². The number of rotatable bonds is 6. The summed E-state index contributed by atoms with van der Waals surface area (Å²) in [5, 5.41) is 0.448. The molecule has 0 unspecified atom stereocenters. The van der Waals surface area contributed by atoms with Crippen molar-refractivity contribution in [2.24, 2.45) is 0 Å². The Bertz CT molecular complexity index is 531. The van der Waals surface area contributed by atoms with Gasteiger partial charge in [-0.05, 0) is 18.2 Å². The predicted molar refractivity (Wildman–Crippen MR) is 74.1 cm³/mol. The normalized spacial score (nSPS) is 12.4. The molecule has 8 heteroatoms. The first-order chi connectivity index (χ1) is 8.82. The van der Waals surface area contributed by atoms with Gasteiger partial charge in [0, 0.05) is 26.3 Å². The minimum atomic E-state index is -3.72.